The number of nitrogens with zero attached hydrogens (tertiary/aromatic N) is 2. The fourth-order valence-electron chi connectivity index (χ4n) is 1.78. The van der Waals surface area contributed by atoms with E-state index in [2.05, 4.69) is 20.5 Å². The normalized spacial score (nSPS) is 11.4. The Kier molecular flexibility index (Phi) is 6.12. The number of anilines is 2. The smallest absolute Gasteiger partial charge is 0.416 e. The largest absolute Gasteiger partial charge is 0.491 e. The minimum absolute atomic E-state index is 0.0385. The molecule has 4 N–H and O–H groups in total. The molecular formula is C14H16F3N5O2S. The lowest BCUT2D eigenvalue weighted by molar-refractivity contribution is -0.137. The van der Waals surface area contributed by atoms with Crippen LogP contribution in [0, 0.1) is 0 Å². The minimum atomic E-state index is -4.52. The molecule has 1 amide bonds. The lowest BCUT2D eigenvalue weighted by atomic mass is 10.1. The van der Waals surface area contributed by atoms with Gasteiger partial charge in [0, 0.05) is 0 Å². The summed E-state index contributed by atoms with van der Waals surface area (Å²) < 4.78 is 44.0. The Hall–Kier alpha value is -2.43. The van der Waals surface area contributed by atoms with Gasteiger partial charge in [-0.25, -0.2) is 5.10 Å². The maximum atomic E-state index is 12.9. The van der Waals surface area contributed by atoms with Gasteiger partial charge in [-0.2, -0.15) is 18.2 Å². The number of hydrogen-bond acceptors (Lipinski definition) is 6. The van der Waals surface area contributed by atoms with Crippen LogP contribution in [-0.4, -0.2) is 33.4 Å². The van der Waals surface area contributed by atoms with Crippen LogP contribution >= 0.6 is 11.8 Å². The fraction of sp³-hybridized carbons (Fsp3) is 0.357. The van der Waals surface area contributed by atoms with E-state index < -0.39 is 17.6 Å². The van der Waals surface area contributed by atoms with E-state index in [0.717, 1.165) is 23.9 Å². The third kappa shape index (κ3) is 5.55. The highest BCUT2D eigenvalue weighted by Crippen LogP contribution is 2.35. The van der Waals surface area contributed by atoms with Crippen LogP contribution in [0.25, 0.3) is 0 Å². The van der Waals surface area contributed by atoms with Crippen molar-refractivity contribution in [3.8, 4) is 5.75 Å². The predicted molar refractivity (Wildman–Crippen MR) is 87.4 cm³/mol. The van der Waals surface area contributed by atoms with Crippen LogP contribution in [0.5, 0.6) is 5.75 Å². The molecule has 0 aliphatic carbocycles. The van der Waals surface area contributed by atoms with Gasteiger partial charge in [0.15, 0.2) is 0 Å². The number of halogens is 3. The molecule has 0 aliphatic rings. The van der Waals surface area contributed by atoms with Gasteiger partial charge in [0.1, 0.15) is 5.75 Å². The number of aromatic nitrogens is 3. The number of nitrogens with one attached hydrogen (secondary N) is 2. The Morgan fingerprint density at radius 1 is 1.44 bits per heavy atom. The van der Waals surface area contributed by atoms with E-state index >= 15 is 0 Å². The highest BCUT2D eigenvalue weighted by molar-refractivity contribution is 7.99. The molecule has 0 saturated heterocycles. The average Bonchev–Trinajstić information content (AvgIpc) is 2.96. The molecule has 0 bridgehead atoms. The fourth-order valence-corrected chi connectivity index (χ4v) is 2.39. The second kappa shape index (κ2) is 8.10. The highest BCUT2D eigenvalue weighted by atomic mass is 32.2. The number of H-pyrrole nitrogens is 1. The predicted octanol–water partition coefficient (Wildman–Crippen LogP) is 2.93. The number of alkyl halides is 3. The van der Waals surface area contributed by atoms with Crippen molar-refractivity contribution < 1.29 is 22.7 Å². The molecule has 2 rings (SSSR count). The molecule has 2 aromatic rings. The van der Waals surface area contributed by atoms with Crippen LogP contribution in [0.15, 0.2) is 23.4 Å². The summed E-state index contributed by atoms with van der Waals surface area (Å²) >= 11 is 0.994. The number of ether oxygens (including phenoxy) is 1. The third-order valence-corrected chi connectivity index (χ3v) is 3.70. The first-order valence-corrected chi connectivity index (χ1v) is 8.22. The van der Waals surface area contributed by atoms with Crippen molar-refractivity contribution in [2.75, 3.05) is 23.4 Å². The van der Waals surface area contributed by atoms with Crippen molar-refractivity contribution in [1.82, 2.24) is 15.2 Å². The van der Waals surface area contributed by atoms with Crippen molar-refractivity contribution in [2.24, 2.45) is 0 Å². The monoisotopic (exact) mass is 375 g/mol. The molecule has 0 spiro atoms. The zero-order valence-corrected chi connectivity index (χ0v) is 14.0. The molecule has 0 radical (unpaired) electrons. The second-order valence-electron chi connectivity index (χ2n) is 4.90. The summed E-state index contributed by atoms with van der Waals surface area (Å²) in [5.41, 5.74) is 4.45. The number of carbonyl (C=O) groups is 1. The molecule has 7 nitrogen and oxygen atoms in total. The minimum Gasteiger partial charge on any atom is -0.491 e. The van der Waals surface area contributed by atoms with E-state index in [1.165, 1.54) is 6.07 Å². The standard InChI is InChI=1S/C14H16F3N5O2S/c1-2-5-24-10-4-3-8(14(15,16)17)6-9(10)19-11(23)7-25-13-20-12(18)21-22-13/h3-4,6H,2,5,7H2,1H3,(H,19,23)(H3,18,20,21,22). The third-order valence-electron chi connectivity index (χ3n) is 2.86. The van der Waals surface area contributed by atoms with E-state index in [4.69, 9.17) is 10.5 Å². The highest BCUT2D eigenvalue weighted by Gasteiger charge is 2.31. The summed E-state index contributed by atoms with van der Waals surface area (Å²) in [5.74, 6) is -0.332. The van der Waals surface area contributed by atoms with Gasteiger partial charge in [-0.05, 0) is 24.6 Å². The topological polar surface area (TPSA) is 106 Å². The van der Waals surface area contributed by atoms with Gasteiger partial charge in [0.2, 0.25) is 17.0 Å². The number of nitrogens with two attached hydrogens (primary N) is 1. The average molecular weight is 375 g/mol. The SMILES string of the molecule is CCCOc1ccc(C(F)(F)F)cc1NC(=O)CSc1n[nH]c(N)n1. The van der Waals surface area contributed by atoms with Crippen LogP contribution in [0.4, 0.5) is 24.8 Å². The first-order chi connectivity index (χ1) is 11.8. The molecule has 1 heterocycles. The number of hydrogen-bond donors (Lipinski definition) is 3. The molecule has 0 fully saturated rings. The summed E-state index contributed by atoms with van der Waals surface area (Å²) in [5, 5.41) is 8.86. The number of amides is 1. The van der Waals surface area contributed by atoms with Crippen molar-refractivity contribution in [3.63, 3.8) is 0 Å². The molecule has 11 heteroatoms. The lowest BCUT2D eigenvalue weighted by Gasteiger charge is -2.15. The van der Waals surface area contributed by atoms with Gasteiger partial charge in [0.05, 0.1) is 23.6 Å². The first kappa shape index (κ1) is 18.9. The molecule has 0 saturated carbocycles. The van der Waals surface area contributed by atoms with Crippen LogP contribution in [-0.2, 0) is 11.0 Å². The molecule has 1 aromatic carbocycles. The van der Waals surface area contributed by atoms with Crippen molar-refractivity contribution in [1.29, 1.82) is 0 Å². The Morgan fingerprint density at radius 3 is 2.80 bits per heavy atom. The zero-order chi connectivity index (χ0) is 18.4. The number of thioether (sulfide) groups is 1. The first-order valence-electron chi connectivity index (χ1n) is 7.24. The van der Waals surface area contributed by atoms with E-state index in [1.807, 2.05) is 6.92 Å². The second-order valence-corrected chi connectivity index (χ2v) is 5.84. The van der Waals surface area contributed by atoms with Crippen LogP contribution in [0.1, 0.15) is 18.9 Å². The molecule has 0 atom stereocenters. The van der Waals surface area contributed by atoms with E-state index in [0.29, 0.717) is 13.0 Å². The van der Waals surface area contributed by atoms with Gasteiger partial charge in [-0.1, -0.05) is 18.7 Å². The van der Waals surface area contributed by atoms with Crippen molar-refractivity contribution in [3.05, 3.63) is 23.8 Å². The zero-order valence-electron chi connectivity index (χ0n) is 13.2. The van der Waals surface area contributed by atoms with Gasteiger partial charge >= 0.3 is 6.18 Å². The van der Waals surface area contributed by atoms with Gasteiger partial charge < -0.3 is 15.8 Å². The molecule has 1 aromatic heterocycles. The number of carbonyl (C=O) groups excluding carboxylic acids is 1. The molecular weight excluding hydrogens is 359 g/mol. The Balaban J connectivity index is 2.09. The number of nitrogen functional groups attached to an aromatic ring is 1. The number of benzene rings is 1. The summed E-state index contributed by atoms with van der Waals surface area (Å²) in [6.07, 6.45) is -3.84. The van der Waals surface area contributed by atoms with E-state index in [-0.39, 0.29) is 28.3 Å². The quantitative estimate of drug-likeness (QED) is 0.643. The number of rotatable bonds is 7. The van der Waals surface area contributed by atoms with E-state index in [1.54, 1.807) is 0 Å². The summed E-state index contributed by atoms with van der Waals surface area (Å²) in [6, 6.07) is 2.95. The van der Waals surface area contributed by atoms with Crippen molar-refractivity contribution in [2.45, 2.75) is 24.7 Å². The molecule has 0 aliphatic heterocycles. The maximum absolute atomic E-state index is 12.9. The van der Waals surface area contributed by atoms with Gasteiger partial charge in [-0.15, -0.1) is 5.10 Å². The van der Waals surface area contributed by atoms with Gasteiger partial charge in [0.25, 0.3) is 0 Å². The van der Waals surface area contributed by atoms with Crippen LogP contribution in [0.3, 0.4) is 0 Å². The lowest BCUT2D eigenvalue weighted by Crippen LogP contribution is -2.16. The van der Waals surface area contributed by atoms with Crippen LogP contribution < -0.4 is 15.8 Å². The Morgan fingerprint density at radius 2 is 2.20 bits per heavy atom. The summed E-state index contributed by atoms with van der Waals surface area (Å²) in [7, 11) is 0. The van der Waals surface area contributed by atoms with Crippen molar-refractivity contribution >= 4 is 29.3 Å². The van der Waals surface area contributed by atoms with Gasteiger partial charge in [-0.3, -0.25) is 4.79 Å². The summed E-state index contributed by atoms with van der Waals surface area (Å²) in [4.78, 5) is 15.8. The maximum Gasteiger partial charge on any atom is 0.416 e. The van der Waals surface area contributed by atoms with E-state index in [9.17, 15) is 18.0 Å². The van der Waals surface area contributed by atoms with Crippen LogP contribution in [0.2, 0.25) is 0 Å². The molecule has 0 unspecified atom stereocenters. The Labute approximate surface area is 145 Å². The summed E-state index contributed by atoms with van der Waals surface area (Å²) in [6.45, 7) is 2.18. The molecule has 25 heavy (non-hydrogen) atoms. The Bertz CT molecular complexity index is 735. The molecule has 136 valence electrons. The number of aromatic amines is 1.